The molecule has 3 nitrogen and oxygen atoms in total. The molecule has 1 unspecified atom stereocenters. The van der Waals surface area contributed by atoms with Gasteiger partial charge in [-0.3, -0.25) is 4.79 Å². The van der Waals surface area contributed by atoms with Crippen LogP contribution in [0.2, 0.25) is 0 Å². The Hall–Kier alpha value is -1.35. The van der Waals surface area contributed by atoms with Crippen LogP contribution in [0.4, 0.5) is 0 Å². The van der Waals surface area contributed by atoms with E-state index in [-0.39, 0.29) is 0 Å². The van der Waals surface area contributed by atoms with Crippen LogP contribution in [0.1, 0.15) is 44.1 Å². The number of benzene rings is 1. The summed E-state index contributed by atoms with van der Waals surface area (Å²) in [7, 11) is 0. The van der Waals surface area contributed by atoms with Gasteiger partial charge >= 0.3 is 0 Å². The van der Waals surface area contributed by atoms with E-state index >= 15 is 0 Å². The van der Waals surface area contributed by atoms with Crippen LogP contribution in [0, 0.1) is 5.92 Å². The van der Waals surface area contributed by atoms with Gasteiger partial charge in [0.05, 0.1) is 0 Å². The van der Waals surface area contributed by atoms with Crippen LogP contribution >= 0.6 is 0 Å². The quantitative estimate of drug-likeness (QED) is 0.872. The minimum Gasteiger partial charge on any atom is -0.338 e. The maximum absolute atomic E-state index is 12.7. The van der Waals surface area contributed by atoms with Gasteiger partial charge in [-0.1, -0.05) is 36.8 Å². The highest BCUT2D eigenvalue weighted by Crippen LogP contribution is 2.28. The molecule has 1 amide bonds. The van der Waals surface area contributed by atoms with Crippen molar-refractivity contribution in [3.05, 3.63) is 35.9 Å². The van der Waals surface area contributed by atoms with Crippen LogP contribution in [-0.4, -0.2) is 29.9 Å². The SMILES string of the molecule is O=C(CC1CCCN1)N(Cc1ccccc1)CC1CCC1. The lowest BCUT2D eigenvalue weighted by molar-refractivity contribution is -0.133. The van der Waals surface area contributed by atoms with E-state index in [0.717, 1.165) is 32.0 Å². The van der Waals surface area contributed by atoms with Gasteiger partial charge in [-0.15, -0.1) is 0 Å². The Balaban J connectivity index is 1.61. The van der Waals surface area contributed by atoms with E-state index in [9.17, 15) is 4.79 Å². The largest absolute Gasteiger partial charge is 0.338 e. The maximum Gasteiger partial charge on any atom is 0.224 e. The van der Waals surface area contributed by atoms with Crippen molar-refractivity contribution in [2.24, 2.45) is 5.92 Å². The molecular formula is C18H26N2O. The summed E-state index contributed by atoms with van der Waals surface area (Å²) in [5.41, 5.74) is 1.24. The minimum atomic E-state index is 0.324. The Morgan fingerprint density at radius 2 is 1.95 bits per heavy atom. The van der Waals surface area contributed by atoms with E-state index in [1.54, 1.807) is 0 Å². The van der Waals surface area contributed by atoms with Crippen LogP contribution in [0.5, 0.6) is 0 Å². The van der Waals surface area contributed by atoms with Crippen molar-refractivity contribution in [3.8, 4) is 0 Å². The number of nitrogens with zero attached hydrogens (tertiary/aromatic N) is 1. The fraction of sp³-hybridized carbons (Fsp3) is 0.611. The van der Waals surface area contributed by atoms with E-state index in [4.69, 9.17) is 0 Å². The number of nitrogens with one attached hydrogen (secondary N) is 1. The Morgan fingerprint density at radius 1 is 1.14 bits per heavy atom. The molecule has 0 bridgehead atoms. The molecule has 1 saturated carbocycles. The second-order valence-corrected chi connectivity index (χ2v) is 6.55. The molecule has 1 heterocycles. The highest BCUT2D eigenvalue weighted by atomic mass is 16.2. The van der Waals surface area contributed by atoms with Gasteiger partial charge < -0.3 is 10.2 Å². The maximum atomic E-state index is 12.7. The summed E-state index contributed by atoms with van der Waals surface area (Å²) in [6, 6.07) is 10.8. The molecule has 1 aromatic carbocycles. The first kappa shape index (κ1) is 14.6. The first-order valence-electron chi connectivity index (χ1n) is 8.36. The molecule has 3 heteroatoms. The van der Waals surface area contributed by atoms with E-state index in [2.05, 4.69) is 34.5 Å². The standard InChI is InChI=1S/C18H26N2O/c21-18(12-17-10-5-11-19-17)20(14-16-8-4-9-16)13-15-6-2-1-3-7-15/h1-3,6-7,16-17,19H,4-5,8-14H2. The lowest BCUT2D eigenvalue weighted by Crippen LogP contribution is -2.39. The molecule has 1 atom stereocenters. The van der Waals surface area contributed by atoms with Crippen LogP contribution in [0.15, 0.2) is 30.3 Å². The smallest absolute Gasteiger partial charge is 0.224 e. The number of amides is 1. The molecule has 21 heavy (non-hydrogen) atoms. The van der Waals surface area contributed by atoms with Gasteiger partial charge in [-0.05, 0) is 43.7 Å². The van der Waals surface area contributed by atoms with Gasteiger partial charge in [0.1, 0.15) is 0 Å². The number of hydrogen-bond donors (Lipinski definition) is 1. The van der Waals surface area contributed by atoms with Gasteiger partial charge in [-0.2, -0.15) is 0 Å². The van der Waals surface area contributed by atoms with Crippen molar-refractivity contribution < 1.29 is 4.79 Å². The Bertz CT molecular complexity index is 450. The van der Waals surface area contributed by atoms with Crippen LogP contribution < -0.4 is 5.32 Å². The predicted molar refractivity (Wildman–Crippen MR) is 84.8 cm³/mol. The number of hydrogen-bond acceptors (Lipinski definition) is 2. The van der Waals surface area contributed by atoms with Crippen LogP contribution in [0.3, 0.4) is 0 Å². The molecule has 0 spiro atoms. The van der Waals surface area contributed by atoms with Crippen molar-refractivity contribution >= 4 is 5.91 Å². The summed E-state index contributed by atoms with van der Waals surface area (Å²) in [6.45, 7) is 2.78. The summed E-state index contributed by atoms with van der Waals surface area (Å²) < 4.78 is 0. The monoisotopic (exact) mass is 286 g/mol. The molecule has 1 aliphatic heterocycles. The average molecular weight is 286 g/mol. The van der Waals surface area contributed by atoms with Gasteiger partial charge in [0.2, 0.25) is 5.91 Å². The van der Waals surface area contributed by atoms with Crippen LogP contribution in [-0.2, 0) is 11.3 Å². The Labute approximate surface area is 127 Å². The third-order valence-electron chi connectivity index (χ3n) is 4.86. The Morgan fingerprint density at radius 3 is 2.57 bits per heavy atom. The van der Waals surface area contributed by atoms with Crippen molar-refractivity contribution in [1.29, 1.82) is 0 Å². The van der Waals surface area contributed by atoms with Crippen molar-refractivity contribution in [1.82, 2.24) is 10.2 Å². The number of carbonyl (C=O) groups excluding carboxylic acids is 1. The van der Waals surface area contributed by atoms with Crippen molar-refractivity contribution in [2.75, 3.05) is 13.1 Å². The molecule has 0 radical (unpaired) electrons. The zero-order valence-corrected chi connectivity index (χ0v) is 12.8. The van der Waals surface area contributed by atoms with E-state index in [0.29, 0.717) is 18.4 Å². The van der Waals surface area contributed by atoms with Gasteiger partial charge in [0.15, 0.2) is 0 Å². The first-order chi connectivity index (χ1) is 10.3. The Kier molecular flexibility index (Phi) is 4.91. The predicted octanol–water partition coefficient (Wildman–Crippen LogP) is 2.96. The van der Waals surface area contributed by atoms with E-state index in [1.807, 2.05) is 6.07 Å². The van der Waals surface area contributed by atoms with Crippen LogP contribution in [0.25, 0.3) is 0 Å². The second kappa shape index (κ2) is 7.08. The fourth-order valence-electron chi connectivity index (χ4n) is 3.32. The molecule has 114 valence electrons. The van der Waals surface area contributed by atoms with Gasteiger partial charge in [0.25, 0.3) is 0 Å². The second-order valence-electron chi connectivity index (χ2n) is 6.55. The molecular weight excluding hydrogens is 260 g/mol. The zero-order chi connectivity index (χ0) is 14.5. The molecule has 1 aliphatic carbocycles. The third-order valence-corrected chi connectivity index (χ3v) is 4.86. The highest BCUT2D eigenvalue weighted by Gasteiger charge is 2.26. The summed E-state index contributed by atoms with van der Waals surface area (Å²) in [6.07, 6.45) is 6.94. The summed E-state index contributed by atoms with van der Waals surface area (Å²) in [5, 5.41) is 3.44. The molecule has 2 aliphatic rings. The third kappa shape index (κ3) is 4.07. The molecule has 0 aromatic heterocycles. The fourth-order valence-corrected chi connectivity index (χ4v) is 3.32. The normalized spacial score (nSPS) is 22.0. The molecule has 1 N–H and O–H groups in total. The van der Waals surface area contributed by atoms with E-state index < -0.39 is 0 Å². The number of carbonyl (C=O) groups is 1. The zero-order valence-electron chi connectivity index (χ0n) is 12.8. The van der Waals surface area contributed by atoms with Crippen molar-refractivity contribution in [2.45, 2.75) is 51.1 Å². The highest BCUT2D eigenvalue weighted by molar-refractivity contribution is 5.77. The summed E-state index contributed by atoms with van der Waals surface area (Å²) in [4.78, 5) is 14.8. The van der Waals surface area contributed by atoms with Crippen molar-refractivity contribution in [3.63, 3.8) is 0 Å². The minimum absolute atomic E-state index is 0.324. The summed E-state index contributed by atoms with van der Waals surface area (Å²) in [5.74, 6) is 1.05. The summed E-state index contributed by atoms with van der Waals surface area (Å²) >= 11 is 0. The molecule has 3 rings (SSSR count). The first-order valence-corrected chi connectivity index (χ1v) is 8.36. The molecule has 1 aromatic rings. The average Bonchev–Trinajstić information content (AvgIpc) is 2.95. The molecule has 2 fully saturated rings. The number of rotatable bonds is 6. The van der Waals surface area contributed by atoms with Gasteiger partial charge in [0, 0.05) is 25.6 Å². The van der Waals surface area contributed by atoms with E-state index in [1.165, 1.54) is 31.2 Å². The lowest BCUT2D eigenvalue weighted by atomic mass is 9.85. The van der Waals surface area contributed by atoms with Gasteiger partial charge in [-0.25, -0.2) is 0 Å². The molecule has 1 saturated heterocycles. The lowest BCUT2D eigenvalue weighted by Gasteiger charge is -2.33. The topological polar surface area (TPSA) is 32.3 Å².